The number of nitrogens with zero attached hydrogens (tertiary/aromatic N) is 1. The van der Waals surface area contributed by atoms with E-state index < -0.39 is 11.9 Å². The zero-order chi connectivity index (χ0) is 24.7. The van der Waals surface area contributed by atoms with Gasteiger partial charge in [-0.3, -0.25) is 9.59 Å². The number of hydrogen-bond acceptors (Lipinski definition) is 7. The molecule has 1 heterocycles. The van der Waals surface area contributed by atoms with Crippen LogP contribution in [-0.2, 0) is 17.8 Å². The second kappa shape index (κ2) is 11.1. The summed E-state index contributed by atoms with van der Waals surface area (Å²) >= 11 is 0. The van der Waals surface area contributed by atoms with E-state index in [1.165, 1.54) is 26.2 Å². The van der Waals surface area contributed by atoms with Crippen molar-refractivity contribution in [2.45, 2.75) is 33.3 Å². The highest BCUT2D eigenvalue weighted by molar-refractivity contribution is 6.03. The van der Waals surface area contributed by atoms with Gasteiger partial charge in [-0.15, -0.1) is 0 Å². The van der Waals surface area contributed by atoms with Gasteiger partial charge >= 0.3 is 5.97 Å². The molecule has 0 radical (unpaired) electrons. The molecule has 3 rings (SSSR count). The number of ether oxygens (including phenoxy) is 2. The first-order chi connectivity index (χ1) is 16.3. The number of ketones is 1. The van der Waals surface area contributed by atoms with Gasteiger partial charge in [0.1, 0.15) is 23.8 Å². The summed E-state index contributed by atoms with van der Waals surface area (Å²) in [5, 5.41) is 13.2. The van der Waals surface area contributed by atoms with Gasteiger partial charge in [0.05, 0.1) is 23.9 Å². The first-order valence-electron chi connectivity index (χ1n) is 10.8. The van der Waals surface area contributed by atoms with Gasteiger partial charge in [0.2, 0.25) is 0 Å². The second-order valence-corrected chi connectivity index (χ2v) is 7.57. The number of pyridine rings is 1. The number of amides is 1. The minimum absolute atomic E-state index is 0.0640. The third kappa shape index (κ3) is 5.78. The van der Waals surface area contributed by atoms with Gasteiger partial charge in [0.15, 0.2) is 5.78 Å². The van der Waals surface area contributed by atoms with Crippen molar-refractivity contribution < 1.29 is 29.0 Å². The molecule has 0 aliphatic heterocycles. The van der Waals surface area contributed by atoms with Crippen LogP contribution in [-0.4, -0.2) is 34.9 Å². The number of rotatable bonds is 9. The summed E-state index contributed by atoms with van der Waals surface area (Å²) in [5.41, 5.74) is 2.25. The Morgan fingerprint density at radius 2 is 1.82 bits per heavy atom. The van der Waals surface area contributed by atoms with Crippen molar-refractivity contribution in [3.05, 3.63) is 82.7 Å². The molecule has 3 aromatic rings. The Balaban J connectivity index is 1.74. The Hall–Kier alpha value is -4.20. The minimum atomic E-state index is -0.502. The lowest BCUT2D eigenvalue weighted by molar-refractivity contribution is 0.0600. The molecule has 34 heavy (non-hydrogen) atoms. The third-order valence-corrected chi connectivity index (χ3v) is 5.08. The zero-order valence-electron chi connectivity index (χ0n) is 19.3. The molecule has 0 aliphatic rings. The number of anilines is 1. The Bertz CT molecular complexity index is 1220. The van der Waals surface area contributed by atoms with Crippen LogP contribution in [0, 0.1) is 0 Å². The molecule has 0 spiro atoms. The molecule has 2 aromatic carbocycles. The summed E-state index contributed by atoms with van der Waals surface area (Å²) in [6, 6.07) is 14.6. The average Bonchev–Trinajstić information content (AvgIpc) is 2.84. The van der Waals surface area contributed by atoms with Crippen molar-refractivity contribution >= 4 is 23.3 Å². The molecule has 0 atom stereocenters. The highest BCUT2D eigenvalue weighted by Crippen LogP contribution is 2.33. The van der Waals surface area contributed by atoms with E-state index in [1.54, 1.807) is 42.5 Å². The van der Waals surface area contributed by atoms with Crippen LogP contribution < -0.4 is 10.1 Å². The number of carbonyl (C=O) groups is 3. The largest absolute Gasteiger partial charge is 0.507 e. The standard InChI is InChI=1S/C26H26N2O6/c1-4-7-21-23(13-12-20(16(2)29)24(21)30)34-15-19-10-6-11-22(27-19)25(31)28-18-9-5-8-17(14-18)26(32)33-3/h5-6,8-14,30H,4,7,15H2,1-3H3,(H,28,31). The molecule has 0 fully saturated rings. The maximum Gasteiger partial charge on any atom is 0.337 e. The molecule has 176 valence electrons. The minimum Gasteiger partial charge on any atom is -0.507 e. The Morgan fingerprint density at radius 1 is 1.06 bits per heavy atom. The quantitative estimate of drug-likeness (QED) is 0.354. The molecular weight excluding hydrogens is 436 g/mol. The van der Waals surface area contributed by atoms with Crippen molar-refractivity contribution in [1.82, 2.24) is 4.98 Å². The molecule has 2 N–H and O–H groups in total. The van der Waals surface area contributed by atoms with Crippen LogP contribution >= 0.6 is 0 Å². The molecule has 0 saturated carbocycles. The van der Waals surface area contributed by atoms with Gasteiger partial charge in [-0.1, -0.05) is 25.5 Å². The van der Waals surface area contributed by atoms with E-state index in [-0.39, 0.29) is 29.4 Å². The van der Waals surface area contributed by atoms with Gasteiger partial charge in [-0.2, -0.15) is 0 Å². The lowest BCUT2D eigenvalue weighted by Crippen LogP contribution is -2.15. The summed E-state index contributed by atoms with van der Waals surface area (Å²) in [5.74, 6) is -0.779. The fourth-order valence-corrected chi connectivity index (χ4v) is 3.40. The van der Waals surface area contributed by atoms with Gasteiger partial charge in [0.25, 0.3) is 5.91 Å². The van der Waals surface area contributed by atoms with Crippen LogP contribution in [0.4, 0.5) is 5.69 Å². The van der Waals surface area contributed by atoms with E-state index >= 15 is 0 Å². The number of benzene rings is 2. The SMILES string of the molecule is CCCc1c(OCc2cccc(C(=O)Nc3cccc(C(=O)OC)c3)n2)ccc(C(C)=O)c1O. The first kappa shape index (κ1) is 24.4. The highest BCUT2D eigenvalue weighted by Gasteiger charge is 2.17. The zero-order valence-corrected chi connectivity index (χ0v) is 19.3. The number of hydrogen-bond donors (Lipinski definition) is 2. The molecule has 0 unspecified atom stereocenters. The Labute approximate surface area is 197 Å². The molecule has 0 bridgehead atoms. The van der Waals surface area contributed by atoms with Crippen molar-refractivity contribution in [2.75, 3.05) is 12.4 Å². The van der Waals surface area contributed by atoms with E-state index in [0.29, 0.717) is 34.7 Å². The van der Waals surface area contributed by atoms with Crippen molar-refractivity contribution in [3.63, 3.8) is 0 Å². The number of Topliss-reactive ketones (excluding diaryl/α,β-unsaturated/α-hetero) is 1. The lowest BCUT2D eigenvalue weighted by atomic mass is 10.0. The number of phenolic OH excluding ortho intramolecular Hbond substituents is 1. The van der Waals surface area contributed by atoms with Crippen LogP contribution in [0.1, 0.15) is 62.7 Å². The highest BCUT2D eigenvalue weighted by atomic mass is 16.5. The van der Waals surface area contributed by atoms with E-state index in [4.69, 9.17) is 9.47 Å². The molecule has 8 heteroatoms. The lowest BCUT2D eigenvalue weighted by Gasteiger charge is -2.14. The molecule has 8 nitrogen and oxygen atoms in total. The topological polar surface area (TPSA) is 115 Å². The van der Waals surface area contributed by atoms with Crippen molar-refractivity contribution in [1.29, 1.82) is 0 Å². The Morgan fingerprint density at radius 3 is 2.53 bits per heavy atom. The second-order valence-electron chi connectivity index (χ2n) is 7.57. The summed E-state index contributed by atoms with van der Waals surface area (Å²) in [7, 11) is 1.29. The molecule has 1 amide bonds. The van der Waals surface area contributed by atoms with E-state index in [2.05, 4.69) is 10.3 Å². The average molecular weight is 463 g/mol. The van der Waals surface area contributed by atoms with Crippen LogP contribution in [0.2, 0.25) is 0 Å². The number of carbonyl (C=O) groups excluding carboxylic acids is 3. The molecule has 1 aromatic heterocycles. The summed E-state index contributed by atoms with van der Waals surface area (Å²) in [6.45, 7) is 3.43. The number of methoxy groups -OCH3 is 1. The van der Waals surface area contributed by atoms with Gasteiger partial charge < -0.3 is 19.9 Å². The predicted molar refractivity (Wildman–Crippen MR) is 126 cm³/mol. The maximum absolute atomic E-state index is 12.7. The number of esters is 1. The predicted octanol–water partition coefficient (Wildman–Crippen LogP) is 4.56. The normalized spacial score (nSPS) is 10.4. The van der Waals surface area contributed by atoms with Crippen molar-refractivity contribution in [3.8, 4) is 11.5 Å². The van der Waals surface area contributed by atoms with E-state index in [0.717, 1.165) is 6.42 Å². The van der Waals surface area contributed by atoms with E-state index in [9.17, 15) is 19.5 Å². The first-order valence-corrected chi connectivity index (χ1v) is 10.8. The fraction of sp³-hybridized carbons (Fsp3) is 0.231. The van der Waals surface area contributed by atoms with Crippen LogP contribution in [0.5, 0.6) is 11.5 Å². The van der Waals surface area contributed by atoms with Crippen LogP contribution in [0.25, 0.3) is 0 Å². The smallest absolute Gasteiger partial charge is 0.337 e. The molecule has 0 aliphatic carbocycles. The number of aromatic nitrogens is 1. The van der Waals surface area contributed by atoms with Crippen LogP contribution in [0.3, 0.4) is 0 Å². The maximum atomic E-state index is 12.7. The number of nitrogens with one attached hydrogen (secondary N) is 1. The monoisotopic (exact) mass is 462 g/mol. The third-order valence-electron chi connectivity index (χ3n) is 5.08. The number of phenols is 1. The summed E-state index contributed by atoms with van der Waals surface area (Å²) < 4.78 is 10.6. The summed E-state index contributed by atoms with van der Waals surface area (Å²) in [6.07, 6.45) is 1.30. The molecule has 0 saturated heterocycles. The van der Waals surface area contributed by atoms with Gasteiger partial charge in [-0.25, -0.2) is 9.78 Å². The molecular formula is C26H26N2O6. The van der Waals surface area contributed by atoms with E-state index in [1.807, 2.05) is 6.92 Å². The van der Waals surface area contributed by atoms with Gasteiger partial charge in [-0.05, 0) is 55.8 Å². The van der Waals surface area contributed by atoms with Crippen molar-refractivity contribution in [2.24, 2.45) is 0 Å². The summed E-state index contributed by atoms with van der Waals surface area (Å²) in [4.78, 5) is 40.5. The Kier molecular flexibility index (Phi) is 7.97. The van der Waals surface area contributed by atoms with Gasteiger partial charge in [0, 0.05) is 11.3 Å². The fourth-order valence-electron chi connectivity index (χ4n) is 3.40. The van der Waals surface area contributed by atoms with Crippen LogP contribution in [0.15, 0.2) is 54.6 Å². The number of aromatic hydroxyl groups is 1.